The van der Waals surface area contributed by atoms with Crippen molar-refractivity contribution in [2.75, 3.05) is 0 Å². The maximum Gasteiger partial charge on any atom is 0.326 e. The van der Waals surface area contributed by atoms with Gasteiger partial charge in [0.1, 0.15) is 6.04 Å². The van der Waals surface area contributed by atoms with Crippen LogP contribution in [0.4, 0.5) is 0 Å². The quantitative estimate of drug-likeness (QED) is 0.627. The second-order valence-electron chi connectivity index (χ2n) is 4.76. The minimum atomic E-state index is -1.02. The summed E-state index contributed by atoms with van der Waals surface area (Å²) in [7, 11) is 0. The Hall–Kier alpha value is -1.10. The van der Waals surface area contributed by atoms with E-state index in [-0.39, 0.29) is 5.92 Å². The number of carbonyl (C=O) groups excluding carboxylic acids is 1. The van der Waals surface area contributed by atoms with Gasteiger partial charge in [0.25, 0.3) is 0 Å². The second kappa shape index (κ2) is 5.84. The molecule has 2 atom stereocenters. The molecule has 16 heavy (non-hydrogen) atoms. The van der Waals surface area contributed by atoms with Crippen molar-refractivity contribution < 1.29 is 14.7 Å². The van der Waals surface area contributed by atoms with Crippen molar-refractivity contribution in [1.82, 2.24) is 5.32 Å². The summed E-state index contributed by atoms with van der Waals surface area (Å²) in [6.45, 7) is 7.20. The molecule has 5 heteroatoms. The molecule has 4 N–H and O–H groups in total. The normalized spacial score (nSPS) is 16.6. The lowest BCUT2D eigenvalue weighted by Gasteiger charge is -2.25. The van der Waals surface area contributed by atoms with E-state index >= 15 is 0 Å². The highest BCUT2D eigenvalue weighted by Gasteiger charge is 2.30. The van der Waals surface area contributed by atoms with Crippen molar-refractivity contribution in [1.29, 1.82) is 0 Å². The van der Waals surface area contributed by atoms with Crippen molar-refractivity contribution in [2.45, 2.75) is 52.1 Å². The van der Waals surface area contributed by atoms with E-state index in [4.69, 9.17) is 10.8 Å². The Morgan fingerprint density at radius 2 is 1.94 bits per heavy atom. The molecule has 0 aliphatic heterocycles. The topological polar surface area (TPSA) is 92.4 Å². The molecule has 5 nitrogen and oxygen atoms in total. The van der Waals surface area contributed by atoms with Gasteiger partial charge in [-0.25, -0.2) is 4.79 Å². The van der Waals surface area contributed by atoms with E-state index in [2.05, 4.69) is 5.32 Å². The number of hydrogen-bond donors (Lipinski definition) is 3. The van der Waals surface area contributed by atoms with Gasteiger partial charge >= 0.3 is 5.97 Å². The third kappa shape index (κ3) is 4.61. The van der Waals surface area contributed by atoms with Crippen molar-refractivity contribution in [3.05, 3.63) is 0 Å². The van der Waals surface area contributed by atoms with Crippen LogP contribution in [0.15, 0.2) is 0 Å². The monoisotopic (exact) mass is 230 g/mol. The molecule has 0 spiro atoms. The van der Waals surface area contributed by atoms with E-state index in [0.29, 0.717) is 12.8 Å². The van der Waals surface area contributed by atoms with E-state index in [1.54, 1.807) is 13.8 Å². The van der Waals surface area contributed by atoms with Gasteiger partial charge in [-0.15, -0.1) is 0 Å². The van der Waals surface area contributed by atoms with Crippen LogP contribution < -0.4 is 11.1 Å². The molecule has 2 unspecified atom stereocenters. The average molecular weight is 230 g/mol. The number of nitrogens with one attached hydrogen (secondary N) is 1. The SMILES string of the molecule is CCC(C)(N)C(=O)NC(CC(C)C)C(=O)O. The lowest BCUT2D eigenvalue weighted by molar-refractivity contribution is -0.143. The molecule has 0 aromatic heterocycles. The first-order valence-corrected chi connectivity index (χ1v) is 5.53. The van der Waals surface area contributed by atoms with E-state index in [1.807, 2.05) is 13.8 Å². The number of carboxylic acids is 1. The second-order valence-corrected chi connectivity index (χ2v) is 4.76. The van der Waals surface area contributed by atoms with Gasteiger partial charge in [0.15, 0.2) is 0 Å². The fourth-order valence-electron chi connectivity index (χ4n) is 1.18. The first-order valence-electron chi connectivity index (χ1n) is 5.53. The van der Waals surface area contributed by atoms with Gasteiger partial charge in [0.2, 0.25) is 5.91 Å². The molecule has 0 aliphatic carbocycles. The largest absolute Gasteiger partial charge is 0.480 e. The summed E-state index contributed by atoms with van der Waals surface area (Å²) in [5, 5.41) is 11.4. The third-order valence-corrected chi connectivity index (χ3v) is 2.56. The zero-order chi connectivity index (χ0) is 12.9. The molecule has 0 aromatic rings. The maximum atomic E-state index is 11.7. The number of hydrogen-bond acceptors (Lipinski definition) is 3. The summed E-state index contributed by atoms with van der Waals surface area (Å²) in [5.74, 6) is -1.23. The Bertz CT molecular complexity index is 262. The van der Waals surface area contributed by atoms with E-state index in [0.717, 1.165) is 0 Å². The number of rotatable bonds is 6. The fourth-order valence-corrected chi connectivity index (χ4v) is 1.18. The van der Waals surface area contributed by atoms with Gasteiger partial charge in [-0.2, -0.15) is 0 Å². The van der Waals surface area contributed by atoms with Gasteiger partial charge in [-0.3, -0.25) is 4.79 Å². The molecule has 0 rings (SSSR count). The molecule has 0 aromatic carbocycles. The van der Waals surface area contributed by atoms with Crippen LogP contribution >= 0.6 is 0 Å². The van der Waals surface area contributed by atoms with Crippen molar-refractivity contribution in [3.8, 4) is 0 Å². The van der Waals surface area contributed by atoms with E-state index < -0.39 is 23.5 Å². The summed E-state index contributed by atoms with van der Waals surface area (Å²) in [4.78, 5) is 22.6. The zero-order valence-electron chi connectivity index (χ0n) is 10.4. The van der Waals surface area contributed by atoms with Gasteiger partial charge in [0, 0.05) is 0 Å². The predicted molar refractivity (Wildman–Crippen MR) is 61.9 cm³/mol. The van der Waals surface area contributed by atoms with Gasteiger partial charge in [-0.05, 0) is 25.7 Å². The molecule has 0 bridgehead atoms. The summed E-state index contributed by atoms with van der Waals surface area (Å²) in [5.41, 5.74) is 4.72. The molecule has 1 amide bonds. The Morgan fingerprint density at radius 3 is 2.25 bits per heavy atom. The molecule has 0 fully saturated rings. The molecular formula is C11H22N2O3. The zero-order valence-corrected chi connectivity index (χ0v) is 10.4. The van der Waals surface area contributed by atoms with Crippen LogP contribution in [0, 0.1) is 5.92 Å². The summed E-state index contributed by atoms with van der Waals surface area (Å²) in [6.07, 6.45) is 0.869. The van der Waals surface area contributed by atoms with Crippen molar-refractivity contribution in [2.24, 2.45) is 11.7 Å². The molecule has 0 saturated heterocycles. The van der Waals surface area contributed by atoms with Crippen LogP contribution in [0.1, 0.15) is 40.5 Å². The smallest absolute Gasteiger partial charge is 0.326 e. The van der Waals surface area contributed by atoms with Gasteiger partial charge in [-0.1, -0.05) is 20.8 Å². The van der Waals surface area contributed by atoms with Crippen molar-refractivity contribution in [3.63, 3.8) is 0 Å². The highest BCUT2D eigenvalue weighted by molar-refractivity contribution is 5.89. The molecular weight excluding hydrogens is 208 g/mol. The first kappa shape index (κ1) is 14.9. The molecule has 0 radical (unpaired) electrons. The predicted octanol–water partition coefficient (Wildman–Crippen LogP) is 0.729. The van der Waals surface area contributed by atoms with Crippen LogP contribution in [0.2, 0.25) is 0 Å². The minimum Gasteiger partial charge on any atom is -0.480 e. The lowest BCUT2D eigenvalue weighted by atomic mass is 9.97. The van der Waals surface area contributed by atoms with E-state index in [1.165, 1.54) is 0 Å². The molecule has 0 heterocycles. The van der Waals surface area contributed by atoms with E-state index in [9.17, 15) is 9.59 Å². The van der Waals surface area contributed by atoms with Crippen molar-refractivity contribution >= 4 is 11.9 Å². The maximum absolute atomic E-state index is 11.7. The van der Waals surface area contributed by atoms with Crippen LogP contribution in [0.5, 0.6) is 0 Å². The molecule has 94 valence electrons. The number of nitrogens with two attached hydrogens (primary N) is 1. The average Bonchev–Trinajstić information content (AvgIpc) is 2.15. The third-order valence-electron chi connectivity index (χ3n) is 2.56. The number of amides is 1. The summed E-state index contributed by atoms with van der Waals surface area (Å²) < 4.78 is 0. The number of carboxylic acid groups (broad SMARTS) is 1. The van der Waals surface area contributed by atoms with Gasteiger partial charge < -0.3 is 16.2 Å². The van der Waals surface area contributed by atoms with Crippen LogP contribution in [0.3, 0.4) is 0 Å². The highest BCUT2D eigenvalue weighted by Crippen LogP contribution is 2.09. The molecule has 0 aliphatic rings. The Kier molecular flexibility index (Phi) is 5.44. The Balaban J connectivity index is 4.52. The van der Waals surface area contributed by atoms with Crippen LogP contribution in [-0.2, 0) is 9.59 Å². The Morgan fingerprint density at radius 1 is 1.44 bits per heavy atom. The van der Waals surface area contributed by atoms with Crippen LogP contribution in [-0.4, -0.2) is 28.6 Å². The first-order chi connectivity index (χ1) is 7.20. The molecule has 0 saturated carbocycles. The number of carbonyl (C=O) groups is 2. The minimum absolute atomic E-state index is 0.201. The number of aliphatic carboxylic acids is 1. The lowest BCUT2D eigenvalue weighted by Crippen LogP contribution is -2.55. The summed E-state index contributed by atoms with van der Waals surface area (Å²) >= 11 is 0. The van der Waals surface area contributed by atoms with Crippen LogP contribution in [0.25, 0.3) is 0 Å². The summed E-state index contributed by atoms with van der Waals surface area (Å²) in [6, 6.07) is -0.859. The standard InChI is InChI=1S/C11H22N2O3/c1-5-11(4,12)10(16)13-8(9(14)15)6-7(2)3/h7-8H,5-6,12H2,1-4H3,(H,13,16)(H,14,15). The van der Waals surface area contributed by atoms with Gasteiger partial charge in [0.05, 0.1) is 5.54 Å². The highest BCUT2D eigenvalue weighted by atomic mass is 16.4. The Labute approximate surface area is 96.4 Å². The fraction of sp³-hybridized carbons (Fsp3) is 0.818.